The van der Waals surface area contributed by atoms with Crippen LogP contribution in [0.2, 0.25) is 0 Å². The van der Waals surface area contributed by atoms with Crippen molar-refractivity contribution in [1.82, 2.24) is 20.2 Å². The molecule has 3 aromatic heterocycles. The summed E-state index contributed by atoms with van der Waals surface area (Å²) >= 11 is 0.435. The summed E-state index contributed by atoms with van der Waals surface area (Å²) in [6.07, 6.45) is -1.80. The zero-order valence-electron chi connectivity index (χ0n) is 18.8. The fourth-order valence-electron chi connectivity index (χ4n) is 3.16. The highest BCUT2D eigenvalue weighted by molar-refractivity contribution is 8.00. The van der Waals surface area contributed by atoms with Crippen molar-refractivity contribution >= 4 is 35.2 Å². The number of H-pyrrole nitrogens is 1. The molecular weight excluding hydrogens is 514 g/mol. The quantitative estimate of drug-likeness (QED) is 0.165. The first-order valence-corrected chi connectivity index (χ1v) is 11.6. The zero-order valence-corrected chi connectivity index (χ0v) is 19.7. The van der Waals surface area contributed by atoms with Crippen LogP contribution < -0.4 is 20.5 Å². The van der Waals surface area contributed by atoms with Crippen molar-refractivity contribution in [2.45, 2.75) is 12.8 Å². The molecule has 0 atom stereocenters. The summed E-state index contributed by atoms with van der Waals surface area (Å²) in [7, 11) is 0. The third-order valence-electron chi connectivity index (χ3n) is 4.78. The highest BCUT2D eigenvalue weighted by atomic mass is 32.2. The van der Waals surface area contributed by atoms with E-state index in [2.05, 4.69) is 30.2 Å². The molecule has 0 spiro atoms. The summed E-state index contributed by atoms with van der Waals surface area (Å²) in [5.41, 5.74) is 6.97. The van der Waals surface area contributed by atoms with Gasteiger partial charge < -0.3 is 20.5 Å². The zero-order chi connectivity index (χ0) is 26.4. The van der Waals surface area contributed by atoms with Gasteiger partial charge in [-0.2, -0.15) is 18.3 Å². The minimum atomic E-state index is -4.38. The average Bonchev–Trinajstić information content (AvgIpc) is 3.28. The first-order valence-electron chi connectivity index (χ1n) is 10.6. The number of carbonyl (C=O) groups is 1. The molecule has 9 nitrogen and oxygen atoms in total. The molecule has 0 radical (unpaired) electrons. The van der Waals surface area contributed by atoms with Crippen molar-refractivity contribution in [1.29, 1.82) is 0 Å². The van der Waals surface area contributed by atoms with Crippen LogP contribution in [-0.2, 0) is 6.61 Å². The van der Waals surface area contributed by atoms with Gasteiger partial charge in [-0.15, -0.1) is 0 Å². The van der Waals surface area contributed by atoms with Gasteiger partial charge in [0.1, 0.15) is 35.3 Å². The minimum Gasteiger partial charge on any atom is -0.485 e. The van der Waals surface area contributed by atoms with Crippen molar-refractivity contribution in [3.05, 3.63) is 78.0 Å². The van der Waals surface area contributed by atoms with E-state index in [1.54, 1.807) is 30.5 Å². The van der Waals surface area contributed by atoms with E-state index in [0.717, 1.165) is 6.20 Å². The standard InChI is InChI=1S/C23H19F4N7O2S/c24-14-5-6-15(30-10-14)11-36-17-9-13(4-7-16(17)34-37-12-23(25,26)27)20-19(21(28)35)22(33-32-20)31-18-3-1-2-8-29-18/h1-10,34H,11-12H2,(H2,28,35)(H2,29,31,32,33). The number of nitrogens with one attached hydrogen (secondary N) is 3. The lowest BCUT2D eigenvalue weighted by molar-refractivity contribution is -0.105. The van der Waals surface area contributed by atoms with Crippen molar-refractivity contribution in [2.24, 2.45) is 5.73 Å². The number of ether oxygens (including phenoxy) is 1. The third kappa shape index (κ3) is 6.88. The lowest BCUT2D eigenvalue weighted by atomic mass is 10.1. The summed E-state index contributed by atoms with van der Waals surface area (Å²) in [6.45, 7) is -0.0967. The normalized spacial score (nSPS) is 11.2. The van der Waals surface area contributed by atoms with E-state index in [0.29, 0.717) is 29.0 Å². The Kier molecular flexibility index (Phi) is 7.77. The first kappa shape index (κ1) is 25.8. The van der Waals surface area contributed by atoms with Crippen molar-refractivity contribution in [2.75, 3.05) is 15.8 Å². The van der Waals surface area contributed by atoms with Crippen molar-refractivity contribution in [3.8, 4) is 17.0 Å². The van der Waals surface area contributed by atoms with Crippen LogP contribution in [0.4, 0.5) is 34.9 Å². The number of hydrogen-bond donors (Lipinski definition) is 4. The number of nitrogens with zero attached hydrogens (tertiary/aromatic N) is 3. The number of halogens is 4. The molecule has 0 aliphatic rings. The first-order chi connectivity index (χ1) is 17.7. The van der Waals surface area contributed by atoms with Gasteiger partial charge in [0.05, 0.1) is 23.3 Å². The number of aromatic amines is 1. The van der Waals surface area contributed by atoms with Crippen LogP contribution in [-0.4, -0.2) is 38.0 Å². The second kappa shape index (κ2) is 11.2. The third-order valence-corrected chi connectivity index (χ3v) is 5.61. The molecule has 192 valence electrons. The lowest BCUT2D eigenvalue weighted by Gasteiger charge is -2.15. The maximum absolute atomic E-state index is 13.2. The molecule has 0 aliphatic heterocycles. The van der Waals surface area contributed by atoms with Crippen LogP contribution >= 0.6 is 11.9 Å². The van der Waals surface area contributed by atoms with Gasteiger partial charge in [-0.1, -0.05) is 12.1 Å². The van der Waals surface area contributed by atoms with E-state index in [1.165, 1.54) is 24.3 Å². The molecule has 0 unspecified atom stereocenters. The highest BCUT2D eigenvalue weighted by Gasteiger charge is 2.27. The van der Waals surface area contributed by atoms with E-state index < -0.39 is 23.7 Å². The number of carbonyl (C=O) groups excluding carboxylic acids is 1. The summed E-state index contributed by atoms with van der Waals surface area (Å²) < 4.78 is 59.5. The Labute approximate surface area is 212 Å². The van der Waals surface area contributed by atoms with Gasteiger partial charge >= 0.3 is 6.18 Å². The van der Waals surface area contributed by atoms with E-state index >= 15 is 0 Å². The lowest BCUT2D eigenvalue weighted by Crippen LogP contribution is -2.13. The Morgan fingerprint density at radius 2 is 1.97 bits per heavy atom. The molecule has 5 N–H and O–H groups in total. The van der Waals surface area contributed by atoms with E-state index in [9.17, 15) is 22.4 Å². The number of alkyl halides is 3. The molecule has 0 bridgehead atoms. The van der Waals surface area contributed by atoms with E-state index in [4.69, 9.17) is 10.5 Å². The number of pyridine rings is 2. The Balaban J connectivity index is 1.64. The van der Waals surface area contributed by atoms with Crippen LogP contribution in [0.15, 0.2) is 60.9 Å². The molecule has 4 aromatic rings. The highest BCUT2D eigenvalue weighted by Crippen LogP contribution is 2.36. The molecule has 14 heteroatoms. The number of aromatic nitrogens is 4. The minimum absolute atomic E-state index is 0.0453. The van der Waals surface area contributed by atoms with Crippen molar-refractivity contribution in [3.63, 3.8) is 0 Å². The number of anilines is 3. The predicted octanol–water partition coefficient (Wildman–Crippen LogP) is 5.05. The van der Waals surface area contributed by atoms with Crippen molar-refractivity contribution < 1.29 is 27.1 Å². The summed E-state index contributed by atoms with van der Waals surface area (Å²) in [5, 5.41) is 9.81. The van der Waals surface area contributed by atoms with Gasteiger partial charge in [0, 0.05) is 11.8 Å². The Hall–Kier alpha value is -4.33. The number of primary amides is 1. The average molecular weight is 534 g/mol. The second-order valence-corrected chi connectivity index (χ2v) is 8.28. The van der Waals surface area contributed by atoms with Crippen LogP contribution in [0, 0.1) is 5.82 Å². The molecule has 0 saturated carbocycles. The van der Waals surface area contributed by atoms with Crippen LogP contribution in [0.1, 0.15) is 16.1 Å². The number of nitrogens with two attached hydrogens (primary N) is 1. The molecular formula is C23H19F4N7O2S. The SMILES string of the molecule is NC(=O)c1c(Nc2ccccn2)n[nH]c1-c1ccc(NSCC(F)(F)F)c(OCc2ccc(F)cn2)c1. The van der Waals surface area contributed by atoms with Gasteiger partial charge in [-0.3, -0.25) is 14.9 Å². The summed E-state index contributed by atoms with van der Waals surface area (Å²) in [6, 6.07) is 12.3. The van der Waals surface area contributed by atoms with E-state index in [1.807, 2.05) is 0 Å². The molecule has 37 heavy (non-hydrogen) atoms. The van der Waals surface area contributed by atoms with Gasteiger partial charge in [-0.25, -0.2) is 9.37 Å². The number of hydrogen-bond acceptors (Lipinski definition) is 8. The Morgan fingerprint density at radius 1 is 1.14 bits per heavy atom. The second-order valence-electron chi connectivity index (χ2n) is 7.50. The summed E-state index contributed by atoms with van der Waals surface area (Å²) in [4.78, 5) is 20.3. The van der Waals surface area contributed by atoms with Crippen LogP contribution in [0.25, 0.3) is 11.3 Å². The number of amides is 1. The van der Waals surface area contributed by atoms with Gasteiger partial charge in [0.2, 0.25) is 0 Å². The fourth-order valence-corrected chi connectivity index (χ4v) is 3.72. The Bertz CT molecular complexity index is 1370. The van der Waals surface area contributed by atoms with Crippen LogP contribution in [0.3, 0.4) is 0 Å². The Morgan fingerprint density at radius 3 is 2.65 bits per heavy atom. The maximum Gasteiger partial charge on any atom is 0.399 e. The maximum atomic E-state index is 13.2. The molecule has 4 rings (SSSR count). The molecule has 1 aromatic carbocycles. The monoisotopic (exact) mass is 533 g/mol. The van der Waals surface area contributed by atoms with Gasteiger partial charge in [-0.05, 0) is 48.3 Å². The summed E-state index contributed by atoms with van der Waals surface area (Å²) in [5.74, 6) is -1.71. The number of benzene rings is 1. The number of rotatable bonds is 10. The smallest absolute Gasteiger partial charge is 0.399 e. The largest absolute Gasteiger partial charge is 0.485 e. The van der Waals surface area contributed by atoms with Crippen LogP contribution in [0.5, 0.6) is 5.75 Å². The molecule has 0 aliphatic carbocycles. The molecule has 3 heterocycles. The fraction of sp³-hybridized carbons (Fsp3) is 0.130. The molecule has 1 amide bonds. The molecule has 0 fully saturated rings. The molecule has 0 saturated heterocycles. The van der Waals surface area contributed by atoms with Gasteiger partial charge in [0.25, 0.3) is 5.91 Å². The predicted molar refractivity (Wildman–Crippen MR) is 131 cm³/mol. The topological polar surface area (TPSA) is 131 Å². The van der Waals surface area contributed by atoms with Gasteiger partial charge in [0.15, 0.2) is 5.82 Å². The van der Waals surface area contributed by atoms with E-state index in [-0.39, 0.29) is 35.1 Å².